The number of halogens is 1. The number of ether oxygens (including phenoxy) is 2. The molecule has 1 fully saturated rings. The van der Waals surface area contributed by atoms with Gasteiger partial charge >= 0.3 is 0 Å². The van der Waals surface area contributed by atoms with E-state index in [1.54, 1.807) is 17.1 Å². The maximum Gasteiger partial charge on any atom is 0.296 e. The number of imidazole rings is 1. The number of hydrogen-bond donors (Lipinski definition) is 2. The van der Waals surface area contributed by atoms with Crippen molar-refractivity contribution in [3.8, 4) is 34.1 Å². The van der Waals surface area contributed by atoms with Gasteiger partial charge in [0.1, 0.15) is 18.8 Å². The van der Waals surface area contributed by atoms with E-state index >= 15 is 0 Å². The largest absolute Gasteiger partial charge is 0.459 e. The number of aromatic amines is 1. The molecule has 9 nitrogen and oxygen atoms in total. The number of aliphatic hydroxyl groups is 1. The van der Waals surface area contributed by atoms with Crippen LogP contribution in [0.3, 0.4) is 0 Å². The van der Waals surface area contributed by atoms with Crippen molar-refractivity contribution in [2.45, 2.75) is 18.6 Å². The van der Waals surface area contributed by atoms with E-state index in [2.05, 4.69) is 25.0 Å². The molecule has 3 aromatic heterocycles. The number of hydrogen-bond acceptors (Lipinski definition) is 7. The van der Waals surface area contributed by atoms with Gasteiger partial charge in [-0.15, -0.1) is 0 Å². The topological polar surface area (TPSA) is 111 Å². The van der Waals surface area contributed by atoms with Crippen molar-refractivity contribution >= 4 is 22.8 Å². The lowest BCUT2D eigenvalue weighted by Gasteiger charge is -2.07. The fourth-order valence-corrected chi connectivity index (χ4v) is 4.42. The lowest BCUT2D eigenvalue weighted by Crippen LogP contribution is -2.17. The van der Waals surface area contributed by atoms with Gasteiger partial charge in [-0.05, 0) is 29.3 Å². The summed E-state index contributed by atoms with van der Waals surface area (Å²) in [5.74, 6) is 0. The van der Waals surface area contributed by atoms with Crippen LogP contribution in [0.4, 0.5) is 0 Å². The fraction of sp³-hybridized carbons (Fsp3) is 0.200. The third-order valence-corrected chi connectivity index (χ3v) is 6.26. The van der Waals surface area contributed by atoms with Crippen molar-refractivity contribution < 1.29 is 14.6 Å². The Kier molecular flexibility index (Phi) is 5.65. The van der Waals surface area contributed by atoms with Crippen LogP contribution in [0.5, 0.6) is 6.01 Å². The number of nitrogens with one attached hydrogen (secondary N) is 1. The smallest absolute Gasteiger partial charge is 0.296 e. The number of rotatable bonds is 6. The Balaban J connectivity index is 1.22. The van der Waals surface area contributed by atoms with E-state index in [-0.39, 0.29) is 18.8 Å². The molecule has 6 rings (SSSR count). The number of fused-ring (bicyclic) bond motifs is 1. The summed E-state index contributed by atoms with van der Waals surface area (Å²) >= 11 is 6.57. The normalized spacial score (nSPS) is 17.8. The van der Waals surface area contributed by atoms with Gasteiger partial charge in [-0.25, -0.2) is 14.6 Å². The molecule has 2 N–H and O–H groups in total. The number of H-pyrrole nitrogens is 1. The predicted octanol–water partition coefficient (Wildman–Crippen LogP) is 4.05. The number of nitrogens with zero attached hydrogens (tertiary/aromatic N) is 5. The van der Waals surface area contributed by atoms with Gasteiger partial charge in [-0.3, -0.25) is 0 Å². The highest BCUT2D eigenvalue weighted by Crippen LogP contribution is 2.31. The third kappa shape index (κ3) is 4.37. The fourth-order valence-electron chi connectivity index (χ4n) is 4.16. The van der Waals surface area contributed by atoms with E-state index < -0.39 is 0 Å². The van der Waals surface area contributed by atoms with Gasteiger partial charge in [0.15, 0.2) is 5.65 Å². The van der Waals surface area contributed by atoms with Gasteiger partial charge in [0.25, 0.3) is 6.01 Å². The molecule has 2 atom stereocenters. The molecule has 0 bridgehead atoms. The highest BCUT2D eigenvalue weighted by Gasteiger charge is 2.27. The van der Waals surface area contributed by atoms with Crippen LogP contribution in [0.25, 0.3) is 39.2 Å². The molecule has 4 heterocycles. The van der Waals surface area contributed by atoms with Crippen LogP contribution in [0, 0.1) is 0 Å². The Morgan fingerprint density at radius 3 is 2.49 bits per heavy atom. The molecule has 176 valence electrons. The van der Waals surface area contributed by atoms with Crippen LogP contribution >= 0.6 is 11.6 Å². The Morgan fingerprint density at radius 1 is 1.06 bits per heavy atom. The molecule has 1 aliphatic heterocycles. The molecule has 35 heavy (non-hydrogen) atoms. The average molecular weight is 489 g/mol. The highest BCUT2D eigenvalue weighted by atomic mass is 35.5. The highest BCUT2D eigenvalue weighted by molar-refractivity contribution is 6.33. The van der Waals surface area contributed by atoms with E-state index in [0.29, 0.717) is 40.9 Å². The number of pyridine rings is 1. The van der Waals surface area contributed by atoms with Crippen LogP contribution < -0.4 is 4.74 Å². The molecule has 0 radical (unpaired) electrons. The maximum absolute atomic E-state index is 9.23. The number of aromatic nitrogens is 6. The Bertz CT molecular complexity index is 1450. The standard InChI is InChI=1S/C25H21ClN6O3/c26-21-10-22-24(31-25(29-22)35-20-9-19(11-33)34-12-20)30-23(21)17-3-1-15(2-4-17)16-5-7-18(8-6-16)32-14-27-13-28-32/h1-8,10,13-14,19-20,33H,9,11-12H2,(H,29,30,31)/t19?,20-/m0/s1. The van der Waals surface area contributed by atoms with Gasteiger partial charge < -0.3 is 19.6 Å². The summed E-state index contributed by atoms with van der Waals surface area (Å²) in [6.45, 7) is 0.394. The minimum atomic E-state index is -0.196. The summed E-state index contributed by atoms with van der Waals surface area (Å²) in [6, 6.07) is 18.3. The molecule has 1 saturated heterocycles. The van der Waals surface area contributed by atoms with Gasteiger partial charge in [0, 0.05) is 12.0 Å². The SMILES string of the molecule is OCC1C[C@H](Oc2nc3nc(-c4ccc(-c5ccc(-n6cncn6)cc5)cc4)c(Cl)cc3[nH]2)CO1. The number of benzene rings is 2. The van der Waals surface area contributed by atoms with Crippen molar-refractivity contribution in [3.63, 3.8) is 0 Å². The number of aliphatic hydroxyl groups excluding tert-OH is 1. The summed E-state index contributed by atoms with van der Waals surface area (Å²) in [5.41, 5.74) is 5.86. The molecule has 0 saturated carbocycles. The van der Waals surface area contributed by atoms with Gasteiger partial charge in [-0.2, -0.15) is 10.1 Å². The second-order valence-electron chi connectivity index (χ2n) is 8.31. The first-order chi connectivity index (χ1) is 17.2. The van der Waals surface area contributed by atoms with Crippen molar-refractivity contribution in [1.82, 2.24) is 29.7 Å². The summed E-state index contributed by atoms with van der Waals surface area (Å²) < 4.78 is 13.1. The van der Waals surface area contributed by atoms with E-state index in [1.807, 2.05) is 48.5 Å². The average Bonchev–Trinajstić information content (AvgIpc) is 3.65. The zero-order chi connectivity index (χ0) is 23.8. The van der Waals surface area contributed by atoms with Gasteiger partial charge in [0.05, 0.1) is 41.2 Å². The first kappa shape index (κ1) is 21.7. The lowest BCUT2D eigenvalue weighted by molar-refractivity contribution is 0.0528. The molecule has 1 aliphatic rings. The van der Waals surface area contributed by atoms with Crippen molar-refractivity contribution in [3.05, 3.63) is 72.3 Å². The van der Waals surface area contributed by atoms with Crippen LogP contribution in [0.1, 0.15) is 6.42 Å². The van der Waals surface area contributed by atoms with E-state index in [0.717, 1.165) is 22.4 Å². The van der Waals surface area contributed by atoms with Crippen molar-refractivity contribution in [1.29, 1.82) is 0 Å². The van der Waals surface area contributed by atoms with E-state index in [9.17, 15) is 5.11 Å². The van der Waals surface area contributed by atoms with E-state index in [1.165, 1.54) is 6.33 Å². The minimum Gasteiger partial charge on any atom is -0.459 e. The van der Waals surface area contributed by atoms with Crippen LogP contribution in [0.2, 0.25) is 5.02 Å². The molecule has 0 spiro atoms. The molecule has 10 heteroatoms. The van der Waals surface area contributed by atoms with Crippen molar-refractivity contribution in [2.24, 2.45) is 0 Å². The van der Waals surface area contributed by atoms with Crippen LogP contribution in [-0.4, -0.2) is 60.2 Å². The zero-order valence-corrected chi connectivity index (χ0v) is 19.3. The molecular formula is C25H21ClN6O3. The first-order valence-electron chi connectivity index (χ1n) is 11.2. The molecular weight excluding hydrogens is 468 g/mol. The van der Waals surface area contributed by atoms with Crippen LogP contribution in [-0.2, 0) is 4.74 Å². The molecule has 0 amide bonds. The van der Waals surface area contributed by atoms with Gasteiger partial charge in [-0.1, -0.05) is 48.0 Å². The summed E-state index contributed by atoms with van der Waals surface area (Å²) in [4.78, 5) is 16.2. The summed E-state index contributed by atoms with van der Waals surface area (Å²) in [5, 5.41) is 13.9. The Hall–Kier alpha value is -3.79. The maximum atomic E-state index is 9.23. The molecule has 2 aromatic carbocycles. The quantitative estimate of drug-likeness (QED) is 0.371. The lowest BCUT2D eigenvalue weighted by atomic mass is 10.0. The Morgan fingerprint density at radius 2 is 1.80 bits per heavy atom. The van der Waals surface area contributed by atoms with Crippen molar-refractivity contribution in [2.75, 3.05) is 13.2 Å². The van der Waals surface area contributed by atoms with Gasteiger partial charge in [0.2, 0.25) is 0 Å². The third-order valence-electron chi connectivity index (χ3n) is 5.97. The van der Waals surface area contributed by atoms with E-state index in [4.69, 9.17) is 21.1 Å². The predicted molar refractivity (Wildman–Crippen MR) is 131 cm³/mol. The second-order valence-corrected chi connectivity index (χ2v) is 8.72. The Labute approximate surface area is 205 Å². The first-order valence-corrected chi connectivity index (χ1v) is 11.6. The minimum absolute atomic E-state index is 0.0202. The molecule has 1 unspecified atom stereocenters. The zero-order valence-electron chi connectivity index (χ0n) is 18.5. The molecule has 0 aliphatic carbocycles. The summed E-state index contributed by atoms with van der Waals surface area (Å²) in [7, 11) is 0. The van der Waals surface area contributed by atoms with Crippen LogP contribution in [0.15, 0.2) is 67.3 Å². The monoisotopic (exact) mass is 488 g/mol. The second kappa shape index (κ2) is 9.10. The summed E-state index contributed by atoms with van der Waals surface area (Å²) in [6.07, 6.45) is 3.43. The molecule has 5 aromatic rings.